The maximum absolute atomic E-state index is 14.0. The minimum Gasteiger partial charge on any atom is -0.506 e. The summed E-state index contributed by atoms with van der Waals surface area (Å²) >= 11 is 3.29. The second-order valence-corrected chi connectivity index (χ2v) is 22.7. The Morgan fingerprint density at radius 3 is 1.32 bits per heavy atom. The van der Waals surface area contributed by atoms with E-state index in [1.54, 1.807) is 0 Å². The number of phenols is 1. The van der Waals surface area contributed by atoms with Crippen molar-refractivity contribution >= 4 is 27.8 Å². The molecule has 352 valence electrons. The van der Waals surface area contributed by atoms with Crippen LogP contribution in [0.15, 0.2) is 45.9 Å². The zero-order valence-electron chi connectivity index (χ0n) is 41.8. The fraction of sp³-hybridized carbons (Fsp3) is 0.648. The van der Waals surface area contributed by atoms with Gasteiger partial charge in [-0.15, -0.1) is 0 Å². The highest BCUT2D eigenvalue weighted by Crippen LogP contribution is 2.49. The minimum atomic E-state index is -1.74. The van der Waals surface area contributed by atoms with E-state index in [0.29, 0.717) is 24.3 Å². The van der Waals surface area contributed by atoms with Gasteiger partial charge in [0, 0.05) is 46.2 Å². The van der Waals surface area contributed by atoms with E-state index in [4.69, 9.17) is 14.5 Å². The number of aliphatic imine (C=N–C) groups is 1. The molecule has 1 atom stereocenters. The van der Waals surface area contributed by atoms with Crippen LogP contribution in [0.2, 0.25) is 0 Å². The molecule has 3 aromatic carbocycles. The highest BCUT2D eigenvalue weighted by Gasteiger charge is 2.43. The number of nitro benzene ring substituents is 1. The minimum absolute atomic E-state index is 0.165. The molecule has 8 nitrogen and oxygen atoms in total. The molecule has 0 aromatic heterocycles. The molecule has 0 aliphatic heterocycles. The molecule has 0 amide bonds. The molecular weight excluding hydrogens is 853 g/mol. The van der Waals surface area contributed by atoms with Crippen LogP contribution < -0.4 is 9.47 Å². The van der Waals surface area contributed by atoms with Crippen LogP contribution in [-0.4, -0.2) is 40.6 Å². The predicted molar refractivity (Wildman–Crippen MR) is 268 cm³/mol. The van der Waals surface area contributed by atoms with E-state index in [0.717, 1.165) is 59.4 Å². The number of rotatable bonds is 22. The Hall–Kier alpha value is -3.43. The van der Waals surface area contributed by atoms with Crippen molar-refractivity contribution in [1.29, 1.82) is 0 Å². The lowest BCUT2D eigenvalue weighted by molar-refractivity contribution is -0.385. The van der Waals surface area contributed by atoms with Gasteiger partial charge >= 0.3 is 0 Å². The summed E-state index contributed by atoms with van der Waals surface area (Å²) in [6.07, 6.45) is 15.4. The van der Waals surface area contributed by atoms with Gasteiger partial charge in [0.2, 0.25) is 0 Å². The van der Waals surface area contributed by atoms with Crippen LogP contribution >= 0.6 is 15.9 Å². The zero-order chi connectivity index (χ0) is 47.6. The SMILES string of the molecule is CCCCCCCCOc1c(C(C)(C)C)cc(C(O)(c2cc(C(C)(C)C)c(OCCCCCCCC)c(C(C)(C)C)c2)C(C)N=Cc2cc([N+](=O)[O-])cc(Br)c2O)cc1C(C)(C)C. The summed E-state index contributed by atoms with van der Waals surface area (Å²) in [7, 11) is 0. The van der Waals surface area contributed by atoms with E-state index in [1.165, 1.54) is 69.7 Å². The highest BCUT2D eigenvalue weighted by atomic mass is 79.9. The molecule has 0 saturated heterocycles. The maximum Gasteiger partial charge on any atom is 0.271 e. The monoisotopic (exact) mass is 935 g/mol. The first-order valence-electron chi connectivity index (χ1n) is 23.8. The molecule has 0 radical (unpaired) electrons. The van der Waals surface area contributed by atoms with E-state index in [1.807, 2.05) is 6.92 Å². The zero-order valence-corrected chi connectivity index (χ0v) is 43.4. The third-order valence-electron chi connectivity index (χ3n) is 12.1. The average molecular weight is 936 g/mol. The van der Waals surface area contributed by atoms with Gasteiger partial charge in [0.15, 0.2) is 0 Å². The molecule has 1 unspecified atom stereocenters. The third kappa shape index (κ3) is 14.5. The van der Waals surface area contributed by atoms with E-state index < -0.39 is 16.6 Å². The topological polar surface area (TPSA) is 114 Å². The summed E-state index contributed by atoms with van der Waals surface area (Å²) in [6.45, 7) is 33.8. The third-order valence-corrected chi connectivity index (χ3v) is 12.7. The fourth-order valence-corrected chi connectivity index (χ4v) is 8.57. The van der Waals surface area contributed by atoms with Crippen LogP contribution in [-0.2, 0) is 27.3 Å². The highest BCUT2D eigenvalue weighted by molar-refractivity contribution is 9.10. The van der Waals surface area contributed by atoms with Crippen molar-refractivity contribution < 1.29 is 24.6 Å². The standard InChI is InChI=1S/C54H83BrN2O6/c1-16-18-20-22-24-26-28-62-48-42(50(4,5)6)31-39(32-43(48)51(7,8)9)54(59,37(3)56-36-38-30-41(57(60)61)35-46(55)47(38)58)40-33-44(52(10,11)12)49(45(34-40)53(13,14)15)63-29-27-25-23-21-19-17-2/h30-37,58-59H,16-29H2,1-15H3. The normalized spacial score (nSPS) is 13.5. The quantitative estimate of drug-likeness (QED) is 0.0449. The molecule has 0 aliphatic rings. The summed E-state index contributed by atoms with van der Waals surface area (Å²) in [5, 5.41) is 36.9. The van der Waals surface area contributed by atoms with Crippen molar-refractivity contribution in [2.75, 3.05) is 13.2 Å². The largest absolute Gasteiger partial charge is 0.506 e. The summed E-state index contributed by atoms with van der Waals surface area (Å²) < 4.78 is 13.8. The van der Waals surface area contributed by atoms with Crippen molar-refractivity contribution in [3.8, 4) is 17.2 Å². The number of nitro groups is 1. The van der Waals surface area contributed by atoms with Gasteiger partial charge in [-0.25, -0.2) is 0 Å². The van der Waals surface area contributed by atoms with E-state index in [2.05, 4.69) is 137 Å². The number of hydrogen-bond acceptors (Lipinski definition) is 7. The number of hydrogen-bond donors (Lipinski definition) is 2. The summed E-state index contributed by atoms with van der Waals surface area (Å²) in [5.74, 6) is 1.55. The molecule has 0 saturated carbocycles. The number of halogens is 1. The summed E-state index contributed by atoms with van der Waals surface area (Å²) in [6, 6.07) is 10.1. The van der Waals surface area contributed by atoms with Crippen molar-refractivity contribution in [2.24, 2.45) is 4.99 Å². The van der Waals surface area contributed by atoms with Gasteiger partial charge in [0.05, 0.1) is 28.7 Å². The number of non-ortho nitro benzene ring substituents is 1. The van der Waals surface area contributed by atoms with E-state index in [-0.39, 0.29) is 43.1 Å². The van der Waals surface area contributed by atoms with Gasteiger partial charge < -0.3 is 19.7 Å². The Balaban J connectivity index is 2.44. The molecule has 0 fully saturated rings. The van der Waals surface area contributed by atoms with Crippen molar-refractivity contribution in [3.05, 3.63) is 89.9 Å². The van der Waals surface area contributed by atoms with Crippen molar-refractivity contribution in [3.63, 3.8) is 0 Å². The lowest BCUT2D eigenvalue weighted by Crippen LogP contribution is -2.40. The van der Waals surface area contributed by atoms with Gasteiger partial charge in [-0.3, -0.25) is 15.1 Å². The first-order chi connectivity index (χ1) is 29.2. The predicted octanol–water partition coefficient (Wildman–Crippen LogP) is 15.5. The average Bonchev–Trinajstić information content (AvgIpc) is 3.18. The fourth-order valence-electron chi connectivity index (χ4n) is 8.11. The molecule has 0 heterocycles. The molecule has 2 N–H and O–H groups in total. The lowest BCUT2D eigenvalue weighted by atomic mass is 9.71. The number of ether oxygens (including phenoxy) is 2. The Morgan fingerprint density at radius 2 is 0.984 bits per heavy atom. The van der Waals surface area contributed by atoms with Gasteiger partial charge in [0.25, 0.3) is 5.69 Å². The van der Waals surface area contributed by atoms with Crippen LogP contribution in [0.1, 0.15) is 220 Å². The maximum atomic E-state index is 14.0. The molecule has 63 heavy (non-hydrogen) atoms. The van der Waals surface area contributed by atoms with Crippen LogP contribution in [0.3, 0.4) is 0 Å². The Morgan fingerprint density at radius 1 is 0.635 bits per heavy atom. The van der Waals surface area contributed by atoms with Crippen LogP contribution in [0, 0.1) is 10.1 Å². The molecule has 3 rings (SSSR count). The number of benzene rings is 3. The Bertz CT molecular complexity index is 1830. The summed E-state index contributed by atoms with van der Waals surface area (Å²) in [5.41, 5.74) is 2.12. The van der Waals surface area contributed by atoms with Gasteiger partial charge in [-0.05, 0) is 92.7 Å². The van der Waals surface area contributed by atoms with Gasteiger partial charge in [-0.1, -0.05) is 161 Å². The van der Waals surface area contributed by atoms with Crippen molar-refractivity contribution in [1.82, 2.24) is 0 Å². The molecule has 0 spiro atoms. The van der Waals surface area contributed by atoms with Crippen molar-refractivity contribution in [2.45, 2.75) is 214 Å². The van der Waals surface area contributed by atoms with Crippen LogP contribution in [0.25, 0.3) is 0 Å². The van der Waals surface area contributed by atoms with Crippen LogP contribution in [0.5, 0.6) is 17.2 Å². The van der Waals surface area contributed by atoms with Gasteiger partial charge in [0.1, 0.15) is 22.8 Å². The van der Waals surface area contributed by atoms with E-state index >= 15 is 0 Å². The molecule has 3 aromatic rings. The second kappa shape index (κ2) is 22.7. The number of phenolic OH excluding ortho intramolecular Hbond substituents is 1. The van der Waals surface area contributed by atoms with Crippen LogP contribution in [0.4, 0.5) is 5.69 Å². The first kappa shape index (κ1) is 53.9. The Labute approximate surface area is 390 Å². The molecule has 0 bridgehead atoms. The number of aliphatic hydroxyl groups is 1. The number of unbranched alkanes of at least 4 members (excludes halogenated alkanes) is 10. The first-order valence-corrected chi connectivity index (χ1v) is 24.6. The number of nitrogens with zero attached hydrogens (tertiary/aromatic N) is 2. The molecular formula is C54H83BrN2O6. The summed E-state index contributed by atoms with van der Waals surface area (Å²) in [4.78, 5) is 16.3. The van der Waals surface area contributed by atoms with E-state index in [9.17, 15) is 20.3 Å². The van der Waals surface area contributed by atoms with Gasteiger partial charge in [-0.2, -0.15) is 0 Å². The lowest BCUT2D eigenvalue weighted by Gasteiger charge is -2.39. The molecule has 9 heteroatoms. The Kier molecular flexibility index (Phi) is 19.4. The number of aromatic hydroxyl groups is 1. The molecule has 0 aliphatic carbocycles. The second-order valence-electron chi connectivity index (χ2n) is 21.9. The smallest absolute Gasteiger partial charge is 0.271 e.